The van der Waals surface area contributed by atoms with Crippen LogP contribution in [-0.2, 0) is 47.1 Å². The summed E-state index contributed by atoms with van der Waals surface area (Å²) >= 11 is 0. The molecule has 5 rings (SSSR count). The van der Waals surface area contributed by atoms with E-state index in [2.05, 4.69) is 33.5 Å². The Balaban J connectivity index is 1.30. The second-order valence-corrected chi connectivity index (χ2v) is 20.0. The number of ether oxygens (including phenoxy) is 8. The number of aldehydes is 1. The van der Waals surface area contributed by atoms with Crippen LogP contribution in [-0.4, -0.2) is 108 Å². The molecule has 5 fully saturated rings. The maximum Gasteiger partial charge on any atom is 0.184 e. The van der Waals surface area contributed by atoms with Crippen molar-refractivity contribution < 1.29 is 47.1 Å². The van der Waals surface area contributed by atoms with Crippen molar-refractivity contribution in [3.63, 3.8) is 0 Å². The summed E-state index contributed by atoms with van der Waals surface area (Å²) in [5.74, 6) is -0.274. The van der Waals surface area contributed by atoms with E-state index < -0.39 is 25.3 Å². The fourth-order valence-electron chi connectivity index (χ4n) is 8.00. The molecule has 0 unspecified atom stereocenters. The SMILES string of the molecule is COCO[C@H]1C[C@@H](CC2COC(C)(C)OC2)O[C@@H]2C[C@@H]3O[C@@H]4CC[C@](C)(O[Si](C)(C)C)[C@@H](CCC=O)O[C@H]4CC[C@@]3(C)O[C@@H]12. The zero-order valence-electron chi connectivity index (χ0n) is 28.3. The van der Waals surface area contributed by atoms with Crippen molar-refractivity contribution in [2.45, 2.75) is 171 Å². The van der Waals surface area contributed by atoms with Crippen LogP contribution in [0.15, 0.2) is 0 Å². The highest BCUT2D eigenvalue weighted by molar-refractivity contribution is 6.69. The Morgan fingerprint density at radius 2 is 1.61 bits per heavy atom. The summed E-state index contributed by atoms with van der Waals surface area (Å²) in [7, 11) is -0.217. The van der Waals surface area contributed by atoms with Gasteiger partial charge in [0.15, 0.2) is 14.1 Å². The van der Waals surface area contributed by atoms with Gasteiger partial charge in [-0.15, -0.1) is 0 Å². The average Bonchev–Trinajstić information content (AvgIpc) is 3.15. The van der Waals surface area contributed by atoms with Crippen LogP contribution in [0.4, 0.5) is 0 Å². The average molecular weight is 643 g/mol. The zero-order chi connectivity index (χ0) is 31.8. The van der Waals surface area contributed by atoms with Gasteiger partial charge in [0, 0.05) is 32.3 Å². The van der Waals surface area contributed by atoms with Gasteiger partial charge in [-0.05, 0) is 85.9 Å². The van der Waals surface area contributed by atoms with E-state index in [1.54, 1.807) is 7.11 Å². The van der Waals surface area contributed by atoms with Gasteiger partial charge in [-0.2, -0.15) is 0 Å². The highest BCUT2D eigenvalue weighted by Crippen LogP contribution is 2.47. The van der Waals surface area contributed by atoms with E-state index in [4.69, 9.17) is 42.3 Å². The normalized spacial score (nSPS) is 43.2. The van der Waals surface area contributed by atoms with Gasteiger partial charge in [0.2, 0.25) is 0 Å². The molecule has 0 aliphatic carbocycles. The van der Waals surface area contributed by atoms with Gasteiger partial charge in [0.25, 0.3) is 0 Å². The molecule has 5 saturated heterocycles. The fourth-order valence-corrected chi connectivity index (χ4v) is 9.63. The number of rotatable bonds is 10. The van der Waals surface area contributed by atoms with Gasteiger partial charge in [-0.25, -0.2) is 0 Å². The van der Waals surface area contributed by atoms with Crippen molar-refractivity contribution in [3.05, 3.63) is 0 Å². The van der Waals surface area contributed by atoms with Gasteiger partial charge in [0.05, 0.1) is 67.1 Å². The van der Waals surface area contributed by atoms with Crippen molar-refractivity contribution in [2.24, 2.45) is 5.92 Å². The molecule has 5 heterocycles. The molecule has 0 amide bonds. The second kappa shape index (κ2) is 13.9. The van der Waals surface area contributed by atoms with Gasteiger partial charge in [-0.1, -0.05) is 0 Å². The first-order valence-electron chi connectivity index (χ1n) is 16.9. The Labute approximate surface area is 265 Å². The minimum Gasteiger partial charge on any atom is -0.410 e. The lowest BCUT2D eigenvalue weighted by Gasteiger charge is -2.53. The van der Waals surface area contributed by atoms with Gasteiger partial charge in [0.1, 0.15) is 19.2 Å². The van der Waals surface area contributed by atoms with E-state index in [9.17, 15) is 4.79 Å². The second-order valence-electron chi connectivity index (χ2n) is 15.6. The summed E-state index contributed by atoms with van der Waals surface area (Å²) in [5, 5.41) is 0. The van der Waals surface area contributed by atoms with Crippen LogP contribution in [0.25, 0.3) is 0 Å². The molecular weight excluding hydrogens is 584 g/mol. The lowest BCUT2D eigenvalue weighted by molar-refractivity contribution is -0.307. The summed E-state index contributed by atoms with van der Waals surface area (Å²) < 4.78 is 57.8. The molecule has 0 aromatic rings. The predicted octanol–water partition coefficient (Wildman–Crippen LogP) is 5.15. The lowest BCUT2D eigenvalue weighted by atomic mass is 9.81. The summed E-state index contributed by atoms with van der Waals surface area (Å²) in [6, 6.07) is 0. The van der Waals surface area contributed by atoms with Crippen LogP contribution in [0.2, 0.25) is 19.6 Å². The molecule has 0 spiro atoms. The molecule has 0 radical (unpaired) electrons. The first-order chi connectivity index (χ1) is 20.7. The minimum atomic E-state index is -1.87. The van der Waals surface area contributed by atoms with E-state index >= 15 is 0 Å². The highest BCUT2D eigenvalue weighted by atomic mass is 28.4. The summed E-state index contributed by atoms with van der Waals surface area (Å²) in [6.07, 6.45) is 6.72. The van der Waals surface area contributed by atoms with E-state index in [-0.39, 0.29) is 61.5 Å². The van der Waals surface area contributed by atoms with E-state index in [1.165, 1.54) is 0 Å². The molecule has 0 aromatic carbocycles. The van der Waals surface area contributed by atoms with Crippen molar-refractivity contribution in [1.29, 1.82) is 0 Å². The van der Waals surface area contributed by atoms with E-state index in [0.717, 1.165) is 51.2 Å². The standard InChI is InChI=1S/C33H58O10Si/c1-31(2)37-19-22(20-38-31)16-23-17-26(36-21-35-5)30-27(39-23)18-29-32(3,42-30)13-11-24-25(41-29)12-14-33(4,43-44(6,7)8)28(40-24)10-9-15-34/h15,22-30H,9-14,16-21H2,1-8H3/t23-,24+,25-,26+,27-,28-,29+,30+,32-,33+/m1/s1. The summed E-state index contributed by atoms with van der Waals surface area (Å²) in [6.45, 7) is 16.4. The Kier molecular flexibility index (Phi) is 11.0. The van der Waals surface area contributed by atoms with E-state index in [1.807, 2.05) is 13.8 Å². The number of carbonyl (C=O) groups excluding carboxylic acids is 1. The van der Waals surface area contributed by atoms with Crippen LogP contribution in [0.3, 0.4) is 0 Å². The molecule has 5 aliphatic rings. The number of methoxy groups -OCH3 is 1. The molecule has 10 nitrogen and oxygen atoms in total. The van der Waals surface area contributed by atoms with Crippen molar-refractivity contribution in [1.82, 2.24) is 0 Å². The largest absolute Gasteiger partial charge is 0.410 e. The topological polar surface area (TPSA) is 100 Å². The maximum atomic E-state index is 11.4. The Morgan fingerprint density at radius 1 is 0.909 bits per heavy atom. The molecule has 0 saturated carbocycles. The Morgan fingerprint density at radius 3 is 2.30 bits per heavy atom. The molecule has 0 aromatic heterocycles. The third kappa shape index (κ3) is 8.32. The smallest absolute Gasteiger partial charge is 0.184 e. The van der Waals surface area contributed by atoms with Crippen molar-refractivity contribution in [3.8, 4) is 0 Å². The first kappa shape index (κ1) is 34.9. The third-order valence-electron chi connectivity index (χ3n) is 10.2. The lowest BCUT2D eigenvalue weighted by Crippen LogP contribution is -2.63. The quantitative estimate of drug-likeness (QED) is 0.181. The van der Waals surface area contributed by atoms with Crippen LogP contribution in [0, 0.1) is 5.92 Å². The Hall–Kier alpha value is -0.473. The number of hydrogen-bond donors (Lipinski definition) is 0. The first-order valence-corrected chi connectivity index (χ1v) is 20.3. The highest BCUT2D eigenvalue weighted by Gasteiger charge is 2.56. The monoisotopic (exact) mass is 642 g/mol. The zero-order valence-corrected chi connectivity index (χ0v) is 29.3. The van der Waals surface area contributed by atoms with Gasteiger partial charge < -0.3 is 47.1 Å². The molecular formula is C33H58O10Si. The number of fused-ring (bicyclic) bond motifs is 3. The van der Waals surface area contributed by atoms with E-state index in [0.29, 0.717) is 26.1 Å². The molecule has 5 aliphatic heterocycles. The van der Waals surface area contributed by atoms with Crippen LogP contribution in [0.5, 0.6) is 0 Å². The molecule has 254 valence electrons. The van der Waals surface area contributed by atoms with Crippen LogP contribution in [0.1, 0.15) is 85.5 Å². The molecule has 0 N–H and O–H groups in total. The van der Waals surface area contributed by atoms with Crippen molar-refractivity contribution in [2.75, 3.05) is 27.1 Å². The fraction of sp³-hybridized carbons (Fsp3) is 0.970. The summed E-state index contributed by atoms with van der Waals surface area (Å²) in [4.78, 5) is 11.4. The molecule has 11 heteroatoms. The number of hydrogen-bond acceptors (Lipinski definition) is 10. The molecule has 10 atom stereocenters. The minimum absolute atomic E-state index is 0.00205. The summed E-state index contributed by atoms with van der Waals surface area (Å²) in [5.41, 5.74) is -0.942. The number of carbonyl (C=O) groups is 1. The Bertz CT molecular complexity index is 949. The predicted molar refractivity (Wildman–Crippen MR) is 166 cm³/mol. The third-order valence-corrected chi connectivity index (χ3v) is 11.2. The van der Waals surface area contributed by atoms with Gasteiger partial charge >= 0.3 is 0 Å². The maximum absolute atomic E-state index is 11.4. The van der Waals surface area contributed by atoms with Crippen LogP contribution < -0.4 is 0 Å². The van der Waals surface area contributed by atoms with Crippen LogP contribution >= 0.6 is 0 Å². The van der Waals surface area contributed by atoms with Gasteiger partial charge in [-0.3, -0.25) is 0 Å². The van der Waals surface area contributed by atoms with Crippen molar-refractivity contribution >= 4 is 14.6 Å². The molecule has 44 heavy (non-hydrogen) atoms. The molecule has 0 bridgehead atoms.